The third-order valence-electron chi connectivity index (χ3n) is 6.05. The van der Waals surface area contributed by atoms with Crippen LogP contribution in [-0.4, -0.2) is 41.2 Å². The van der Waals surface area contributed by atoms with E-state index < -0.39 is 0 Å². The monoisotopic (exact) mass is 475 g/mol. The van der Waals surface area contributed by atoms with Gasteiger partial charge in [0.2, 0.25) is 11.8 Å². The molecule has 1 aliphatic carbocycles. The van der Waals surface area contributed by atoms with Crippen LogP contribution in [0.15, 0.2) is 66.4 Å². The van der Waals surface area contributed by atoms with E-state index in [1.807, 2.05) is 19.1 Å². The standard InChI is InChI=1S/C25H25N5O5/c1-13(34-18-9-11-27-24-16(18)5-7-19(31)29-24)4-6-17-14(2)21-22(23(21)35-17)30-25(32)28-15-8-10-26-20(12-15)33-3/h4,6,8-12,21-23H,2,5,7H2,1,3H3,(H,27,29,31)(H2,26,28,30,32)/b13-4+,17-6+/t21-,22-,23-/m0/s1. The lowest BCUT2D eigenvalue weighted by Crippen LogP contribution is -2.34. The molecule has 0 bridgehead atoms. The first-order valence-corrected chi connectivity index (χ1v) is 11.2. The van der Waals surface area contributed by atoms with Gasteiger partial charge in [0.25, 0.3) is 0 Å². The first kappa shape index (κ1) is 22.5. The highest BCUT2D eigenvalue weighted by Crippen LogP contribution is 2.50. The van der Waals surface area contributed by atoms with Crippen molar-refractivity contribution in [3.8, 4) is 11.6 Å². The van der Waals surface area contributed by atoms with Crippen molar-refractivity contribution in [2.75, 3.05) is 17.7 Å². The van der Waals surface area contributed by atoms with Gasteiger partial charge < -0.3 is 30.2 Å². The molecule has 2 aliphatic heterocycles. The van der Waals surface area contributed by atoms with Crippen LogP contribution in [0.3, 0.4) is 0 Å². The number of carbonyl (C=O) groups excluding carboxylic acids is 2. The molecule has 3 N–H and O–H groups in total. The number of amides is 3. The van der Waals surface area contributed by atoms with E-state index in [0.717, 1.165) is 11.1 Å². The number of hydrogen-bond donors (Lipinski definition) is 3. The van der Waals surface area contributed by atoms with Gasteiger partial charge >= 0.3 is 6.03 Å². The van der Waals surface area contributed by atoms with Crippen LogP contribution in [0.5, 0.6) is 11.6 Å². The topological polar surface area (TPSA) is 124 Å². The van der Waals surface area contributed by atoms with Gasteiger partial charge in [-0.2, -0.15) is 0 Å². The molecule has 10 nitrogen and oxygen atoms in total. The number of urea groups is 1. The van der Waals surface area contributed by atoms with Crippen molar-refractivity contribution in [3.05, 3.63) is 72.0 Å². The van der Waals surface area contributed by atoms with E-state index in [0.29, 0.717) is 47.5 Å². The zero-order chi connectivity index (χ0) is 24.5. The fourth-order valence-electron chi connectivity index (χ4n) is 4.22. The van der Waals surface area contributed by atoms with Crippen LogP contribution in [0.2, 0.25) is 0 Å². The molecule has 0 unspecified atom stereocenters. The van der Waals surface area contributed by atoms with Crippen LogP contribution < -0.4 is 25.4 Å². The summed E-state index contributed by atoms with van der Waals surface area (Å²) >= 11 is 0. The minimum atomic E-state index is -0.333. The second-order valence-electron chi connectivity index (χ2n) is 8.44. The van der Waals surface area contributed by atoms with Gasteiger partial charge in [-0.1, -0.05) is 6.58 Å². The van der Waals surface area contributed by atoms with Crippen molar-refractivity contribution >= 4 is 23.4 Å². The zero-order valence-electron chi connectivity index (χ0n) is 19.3. The van der Waals surface area contributed by atoms with Crippen molar-refractivity contribution in [3.63, 3.8) is 0 Å². The van der Waals surface area contributed by atoms with Crippen LogP contribution in [0.25, 0.3) is 0 Å². The van der Waals surface area contributed by atoms with Gasteiger partial charge in [0.1, 0.15) is 29.2 Å². The molecule has 2 aromatic rings. The van der Waals surface area contributed by atoms with E-state index in [9.17, 15) is 9.59 Å². The molecule has 0 radical (unpaired) electrons. The molecule has 4 heterocycles. The Labute approximate surface area is 202 Å². The van der Waals surface area contributed by atoms with Crippen molar-refractivity contribution in [2.45, 2.75) is 31.9 Å². The average molecular weight is 476 g/mol. The number of anilines is 2. The molecule has 3 amide bonds. The van der Waals surface area contributed by atoms with Crippen LogP contribution in [0.4, 0.5) is 16.3 Å². The second kappa shape index (κ2) is 9.13. The molecule has 0 aromatic carbocycles. The van der Waals surface area contributed by atoms with Crippen molar-refractivity contribution in [2.24, 2.45) is 5.92 Å². The van der Waals surface area contributed by atoms with Crippen LogP contribution in [-0.2, 0) is 16.0 Å². The third-order valence-corrected chi connectivity index (χ3v) is 6.05. The van der Waals surface area contributed by atoms with Gasteiger partial charge in [-0.25, -0.2) is 14.8 Å². The van der Waals surface area contributed by atoms with Crippen molar-refractivity contribution in [1.29, 1.82) is 0 Å². The van der Waals surface area contributed by atoms with Crippen LogP contribution in [0, 0.1) is 5.92 Å². The fraction of sp³-hybridized carbons (Fsp3) is 0.280. The fourth-order valence-corrected chi connectivity index (χ4v) is 4.22. The summed E-state index contributed by atoms with van der Waals surface area (Å²) in [6.45, 7) is 5.98. The summed E-state index contributed by atoms with van der Waals surface area (Å²) in [5.74, 6) is 2.94. The number of fused-ring (bicyclic) bond motifs is 2. The Morgan fingerprint density at radius 2 is 2.11 bits per heavy atom. The van der Waals surface area contributed by atoms with E-state index in [-0.39, 0.29) is 30.0 Å². The molecule has 1 saturated heterocycles. The summed E-state index contributed by atoms with van der Waals surface area (Å²) in [5.41, 5.74) is 2.30. The number of allylic oxidation sites excluding steroid dienone is 4. The Balaban J connectivity index is 1.16. The maximum Gasteiger partial charge on any atom is 0.319 e. The molecule has 5 rings (SSSR count). The summed E-state index contributed by atoms with van der Waals surface area (Å²) < 4.78 is 17.0. The van der Waals surface area contributed by atoms with Crippen molar-refractivity contribution in [1.82, 2.24) is 15.3 Å². The highest BCUT2D eigenvalue weighted by Gasteiger charge is 2.60. The summed E-state index contributed by atoms with van der Waals surface area (Å²) in [6.07, 6.45) is 7.64. The highest BCUT2D eigenvalue weighted by atomic mass is 16.5. The number of methoxy groups -OCH3 is 1. The molecule has 10 heteroatoms. The van der Waals surface area contributed by atoms with Gasteiger partial charge in [0.05, 0.1) is 19.1 Å². The van der Waals surface area contributed by atoms with E-state index in [2.05, 4.69) is 32.5 Å². The smallest absolute Gasteiger partial charge is 0.319 e. The predicted octanol–water partition coefficient (Wildman–Crippen LogP) is 3.31. The second-order valence-corrected chi connectivity index (χ2v) is 8.44. The maximum atomic E-state index is 12.4. The Morgan fingerprint density at radius 3 is 2.89 bits per heavy atom. The van der Waals surface area contributed by atoms with Crippen molar-refractivity contribution < 1.29 is 23.8 Å². The molecule has 1 saturated carbocycles. The Hall–Kier alpha value is -4.34. The summed E-state index contributed by atoms with van der Waals surface area (Å²) in [7, 11) is 1.52. The molecule has 3 atom stereocenters. The van der Waals surface area contributed by atoms with E-state index in [1.54, 1.807) is 30.6 Å². The zero-order valence-corrected chi connectivity index (χ0v) is 19.3. The number of carbonyl (C=O) groups is 2. The normalized spacial score (nSPS) is 23.5. The maximum absolute atomic E-state index is 12.4. The van der Waals surface area contributed by atoms with Crippen LogP contribution >= 0.6 is 0 Å². The van der Waals surface area contributed by atoms with E-state index >= 15 is 0 Å². The number of hydrogen-bond acceptors (Lipinski definition) is 7. The third kappa shape index (κ3) is 4.68. The molecule has 2 aromatic heterocycles. The first-order valence-electron chi connectivity index (χ1n) is 11.2. The largest absolute Gasteiger partial charge is 0.487 e. The van der Waals surface area contributed by atoms with Gasteiger partial charge in [-0.15, -0.1) is 0 Å². The molecular weight excluding hydrogens is 450 g/mol. The Bertz CT molecular complexity index is 1270. The highest BCUT2D eigenvalue weighted by molar-refractivity contribution is 5.93. The Morgan fingerprint density at radius 1 is 1.29 bits per heavy atom. The van der Waals surface area contributed by atoms with E-state index in [4.69, 9.17) is 14.2 Å². The van der Waals surface area contributed by atoms with Gasteiger partial charge in [-0.3, -0.25) is 4.79 Å². The van der Waals surface area contributed by atoms with E-state index in [1.165, 1.54) is 7.11 Å². The summed E-state index contributed by atoms with van der Waals surface area (Å²) in [6, 6.07) is 4.63. The molecule has 0 spiro atoms. The summed E-state index contributed by atoms with van der Waals surface area (Å²) in [4.78, 5) is 32.2. The first-order chi connectivity index (χ1) is 16.9. The van der Waals surface area contributed by atoms with Crippen LogP contribution in [0.1, 0.15) is 18.9 Å². The minimum absolute atomic E-state index is 0.0319. The van der Waals surface area contributed by atoms with Gasteiger partial charge in [-0.05, 0) is 43.2 Å². The molecular formula is C25H25N5O5. The molecule has 180 valence electrons. The molecule has 35 heavy (non-hydrogen) atoms. The molecule has 3 aliphatic rings. The quantitative estimate of drug-likeness (QED) is 0.548. The number of rotatable bonds is 6. The van der Waals surface area contributed by atoms with Gasteiger partial charge in [0, 0.05) is 36.1 Å². The summed E-state index contributed by atoms with van der Waals surface area (Å²) in [5, 5.41) is 8.46. The van der Waals surface area contributed by atoms with Gasteiger partial charge in [0.15, 0.2) is 0 Å². The minimum Gasteiger partial charge on any atom is -0.487 e. The SMILES string of the molecule is C=C1/C(=C\C=C(/C)Oc2ccnc3c2CCC(=O)N3)O[C@@H]2[C@@H](NC(=O)Nc3ccnc(OC)c3)[C@H]12. The lowest BCUT2D eigenvalue weighted by molar-refractivity contribution is -0.116. The average Bonchev–Trinajstić information content (AvgIpc) is 3.40. The predicted molar refractivity (Wildman–Crippen MR) is 128 cm³/mol. The Kier molecular flexibility index (Phi) is 5.86. The number of nitrogens with zero attached hydrogens (tertiary/aromatic N) is 2. The number of ether oxygens (including phenoxy) is 3. The number of pyridine rings is 2. The lowest BCUT2D eigenvalue weighted by Gasteiger charge is -2.18. The lowest BCUT2D eigenvalue weighted by atomic mass is 10.1. The molecule has 2 fully saturated rings. The number of aromatic nitrogens is 2. The number of nitrogens with one attached hydrogen (secondary N) is 3.